The second-order valence-corrected chi connectivity index (χ2v) is 5.00. The fourth-order valence-corrected chi connectivity index (χ4v) is 2.07. The molecule has 0 bridgehead atoms. The summed E-state index contributed by atoms with van der Waals surface area (Å²) < 4.78 is 1.80. The standard InChI is InChI=1S/C14H19N3O/c1-9(2)14(15)13(18)8-11-10-6-4-5-7-12(10)17(3)16-11/h4-7,9,14H,8,15H2,1-3H3. The van der Waals surface area contributed by atoms with Crippen LogP contribution in [0.2, 0.25) is 0 Å². The van der Waals surface area contributed by atoms with E-state index in [1.54, 1.807) is 4.68 Å². The fourth-order valence-electron chi connectivity index (χ4n) is 2.07. The number of carbonyl (C=O) groups is 1. The molecule has 1 unspecified atom stereocenters. The molecule has 2 N–H and O–H groups in total. The van der Waals surface area contributed by atoms with Crippen LogP contribution in [0.4, 0.5) is 0 Å². The van der Waals surface area contributed by atoms with Gasteiger partial charge >= 0.3 is 0 Å². The molecule has 0 saturated heterocycles. The number of fused-ring (bicyclic) bond motifs is 1. The lowest BCUT2D eigenvalue weighted by Crippen LogP contribution is -2.36. The highest BCUT2D eigenvalue weighted by atomic mass is 16.1. The second-order valence-electron chi connectivity index (χ2n) is 5.00. The minimum absolute atomic E-state index is 0.0499. The van der Waals surface area contributed by atoms with E-state index in [1.807, 2.05) is 45.2 Å². The van der Waals surface area contributed by atoms with Crippen molar-refractivity contribution in [3.63, 3.8) is 0 Å². The largest absolute Gasteiger partial charge is 0.321 e. The third-order valence-corrected chi connectivity index (χ3v) is 3.27. The van der Waals surface area contributed by atoms with Gasteiger partial charge in [-0.2, -0.15) is 5.10 Å². The summed E-state index contributed by atoms with van der Waals surface area (Å²) in [4.78, 5) is 12.0. The topological polar surface area (TPSA) is 60.9 Å². The summed E-state index contributed by atoms with van der Waals surface area (Å²) in [7, 11) is 1.89. The van der Waals surface area contributed by atoms with Crippen LogP contribution in [0.3, 0.4) is 0 Å². The van der Waals surface area contributed by atoms with Gasteiger partial charge in [-0.3, -0.25) is 9.48 Å². The molecule has 0 aliphatic heterocycles. The van der Waals surface area contributed by atoms with Crippen molar-refractivity contribution in [2.24, 2.45) is 18.7 Å². The fraction of sp³-hybridized carbons (Fsp3) is 0.429. The van der Waals surface area contributed by atoms with Crippen LogP contribution in [0.25, 0.3) is 10.9 Å². The Morgan fingerprint density at radius 3 is 2.72 bits per heavy atom. The summed E-state index contributed by atoms with van der Waals surface area (Å²) in [6, 6.07) is 7.51. The van der Waals surface area contributed by atoms with Crippen molar-refractivity contribution in [2.45, 2.75) is 26.3 Å². The van der Waals surface area contributed by atoms with E-state index >= 15 is 0 Å². The van der Waals surface area contributed by atoms with Gasteiger partial charge in [0.25, 0.3) is 0 Å². The number of aromatic nitrogens is 2. The summed E-state index contributed by atoms with van der Waals surface area (Å²) in [5.41, 5.74) is 7.73. The van der Waals surface area contributed by atoms with Gasteiger partial charge in [0.2, 0.25) is 0 Å². The van der Waals surface area contributed by atoms with Gasteiger partial charge in [0, 0.05) is 12.4 Å². The molecule has 1 aromatic carbocycles. The van der Waals surface area contributed by atoms with Crippen molar-refractivity contribution in [1.29, 1.82) is 0 Å². The first-order chi connectivity index (χ1) is 8.50. The highest BCUT2D eigenvalue weighted by molar-refractivity contribution is 5.91. The molecule has 0 aliphatic carbocycles. The average Bonchev–Trinajstić information content (AvgIpc) is 2.66. The van der Waals surface area contributed by atoms with Crippen molar-refractivity contribution in [3.8, 4) is 0 Å². The predicted octanol–water partition coefficient (Wildman–Crippen LogP) is 1.67. The SMILES string of the molecule is CC(C)C(N)C(=O)Cc1nn(C)c2ccccc12. The van der Waals surface area contributed by atoms with Crippen molar-refractivity contribution in [3.05, 3.63) is 30.0 Å². The monoisotopic (exact) mass is 245 g/mol. The Labute approximate surface area is 107 Å². The molecule has 0 fully saturated rings. The molecule has 0 amide bonds. The zero-order chi connectivity index (χ0) is 13.3. The first kappa shape index (κ1) is 12.8. The minimum atomic E-state index is -0.411. The van der Waals surface area contributed by atoms with E-state index < -0.39 is 6.04 Å². The molecule has 0 spiro atoms. The van der Waals surface area contributed by atoms with Crippen LogP contribution in [0, 0.1) is 5.92 Å². The molecule has 4 nitrogen and oxygen atoms in total. The van der Waals surface area contributed by atoms with Gasteiger partial charge < -0.3 is 5.73 Å². The lowest BCUT2D eigenvalue weighted by molar-refractivity contribution is -0.120. The maximum Gasteiger partial charge on any atom is 0.155 e. The maximum absolute atomic E-state index is 12.0. The van der Waals surface area contributed by atoms with Gasteiger partial charge in [0.1, 0.15) is 0 Å². The van der Waals surface area contributed by atoms with Gasteiger partial charge in [0.15, 0.2) is 5.78 Å². The van der Waals surface area contributed by atoms with Crippen molar-refractivity contribution in [2.75, 3.05) is 0 Å². The quantitative estimate of drug-likeness (QED) is 0.891. The number of para-hydroxylation sites is 1. The van der Waals surface area contributed by atoms with Crippen molar-refractivity contribution >= 4 is 16.7 Å². The number of hydrogen-bond acceptors (Lipinski definition) is 3. The molecule has 0 aliphatic rings. The van der Waals surface area contributed by atoms with Crippen LogP contribution in [-0.4, -0.2) is 21.6 Å². The number of nitrogens with zero attached hydrogens (tertiary/aromatic N) is 2. The number of hydrogen-bond donors (Lipinski definition) is 1. The van der Waals surface area contributed by atoms with Crippen LogP contribution in [0.15, 0.2) is 24.3 Å². The average molecular weight is 245 g/mol. The molecule has 4 heteroatoms. The Morgan fingerprint density at radius 1 is 1.39 bits per heavy atom. The molecule has 1 aromatic heterocycles. The lowest BCUT2D eigenvalue weighted by Gasteiger charge is -2.13. The summed E-state index contributed by atoms with van der Waals surface area (Å²) in [5, 5.41) is 5.44. The Hall–Kier alpha value is -1.68. The number of benzene rings is 1. The Kier molecular flexibility index (Phi) is 3.48. The summed E-state index contributed by atoms with van der Waals surface area (Å²) in [6.45, 7) is 3.91. The zero-order valence-electron chi connectivity index (χ0n) is 11.1. The normalized spacial score (nSPS) is 13.2. The molecule has 2 rings (SSSR count). The summed E-state index contributed by atoms with van der Waals surface area (Å²) in [6.07, 6.45) is 0.306. The van der Waals surface area contributed by atoms with E-state index in [-0.39, 0.29) is 11.7 Å². The highest BCUT2D eigenvalue weighted by Crippen LogP contribution is 2.18. The number of rotatable bonds is 4. The van der Waals surface area contributed by atoms with E-state index in [4.69, 9.17) is 5.73 Å². The molecule has 1 atom stereocenters. The molecule has 2 aromatic rings. The molecule has 0 saturated carbocycles. The third-order valence-electron chi connectivity index (χ3n) is 3.27. The van der Waals surface area contributed by atoms with E-state index in [1.165, 1.54) is 0 Å². The smallest absolute Gasteiger partial charge is 0.155 e. The van der Waals surface area contributed by atoms with Gasteiger partial charge in [-0.05, 0) is 12.0 Å². The Balaban J connectivity index is 2.30. The first-order valence-electron chi connectivity index (χ1n) is 6.19. The Morgan fingerprint density at radius 2 is 2.06 bits per heavy atom. The van der Waals surface area contributed by atoms with Crippen molar-refractivity contribution < 1.29 is 4.79 Å². The number of carbonyl (C=O) groups excluding carboxylic acids is 1. The predicted molar refractivity (Wildman–Crippen MR) is 72.2 cm³/mol. The van der Waals surface area contributed by atoms with Gasteiger partial charge in [-0.15, -0.1) is 0 Å². The van der Waals surface area contributed by atoms with Gasteiger partial charge in [0.05, 0.1) is 23.7 Å². The van der Waals surface area contributed by atoms with E-state index in [2.05, 4.69) is 5.10 Å². The summed E-state index contributed by atoms with van der Waals surface area (Å²) in [5.74, 6) is 0.210. The van der Waals surface area contributed by atoms with Crippen molar-refractivity contribution in [1.82, 2.24) is 9.78 Å². The van der Waals surface area contributed by atoms with E-state index in [0.717, 1.165) is 16.6 Å². The van der Waals surface area contributed by atoms with Crippen LogP contribution < -0.4 is 5.73 Å². The minimum Gasteiger partial charge on any atom is -0.321 e. The molecular formula is C14H19N3O. The highest BCUT2D eigenvalue weighted by Gasteiger charge is 2.20. The van der Waals surface area contributed by atoms with Gasteiger partial charge in [-0.1, -0.05) is 32.0 Å². The van der Waals surface area contributed by atoms with Crippen LogP contribution in [0.1, 0.15) is 19.5 Å². The first-order valence-corrected chi connectivity index (χ1v) is 6.19. The third kappa shape index (κ3) is 2.29. The number of Topliss-reactive ketones (excluding diaryl/α,β-unsaturated/α-hetero) is 1. The van der Waals surface area contributed by atoms with Crippen LogP contribution in [0.5, 0.6) is 0 Å². The maximum atomic E-state index is 12.0. The molecule has 1 heterocycles. The number of nitrogens with two attached hydrogens (primary N) is 1. The Bertz CT molecular complexity index is 571. The lowest BCUT2D eigenvalue weighted by atomic mass is 9.97. The second kappa shape index (κ2) is 4.90. The van der Waals surface area contributed by atoms with Gasteiger partial charge in [-0.25, -0.2) is 0 Å². The number of ketones is 1. The molecule has 18 heavy (non-hydrogen) atoms. The summed E-state index contributed by atoms with van der Waals surface area (Å²) >= 11 is 0. The number of aryl methyl sites for hydroxylation is 1. The molecular weight excluding hydrogens is 226 g/mol. The van der Waals surface area contributed by atoms with Crippen LogP contribution >= 0.6 is 0 Å². The zero-order valence-corrected chi connectivity index (χ0v) is 11.1. The molecule has 96 valence electrons. The van der Waals surface area contributed by atoms with Crippen LogP contribution in [-0.2, 0) is 18.3 Å². The van der Waals surface area contributed by atoms with E-state index in [9.17, 15) is 4.79 Å². The molecule has 0 radical (unpaired) electrons. The van der Waals surface area contributed by atoms with E-state index in [0.29, 0.717) is 6.42 Å².